The highest BCUT2D eigenvalue weighted by Gasteiger charge is 2.13. The number of non-ortho nitro benzene ring substituents is 1. The van der Waals surface area contributed by atoms with Gasteiger partial charge in [-0.3, -0.25) is 14.9 Å². The Balaban J connectivity index is 3.46. The Hall–Kier alpha value is -2.17. The second-order valence-electron chi connectivity index (χ2n) is 2.55. The lowest BCUT2D eigenvalue weighted by molar-refractivity contribution is -0.384. The first-order valence-electron chi connectivity index (χ1n) is 3.69. The number of nitro groups is 1. The van der Waals surface area contributed by atoms with Gasteiger partial charge in [-0.25, -0.2) is 0 Å². The lowest BCUT2D eigenvalue weighted by Crippen LogP contribution is -1.92. The third-order valence-electron chi connectivity index (χ3n) is 1.71. The predicted molar refractivity (Wildman–Crippen MR) is 50.2 cm³/mol. The summed E-state index contributed by atoms with van der Waals surface area (Å²) < 4.78 is 0. The minimum Gasteiger partial charge on any atom is -0.507 e. The summed E-state index contributed by atoms with van der Waals surface area (Å²) in [5.41, 5.74) is -0.199. The molecule has 0 atom stereocenters. The van der Waals surface area contributed by atoms with E-state index in [1.807, 2.05) is 0 Å². The number of carbonyl (C=O) groups is 1. The molecule has 14 heavy (non-hydrogen) atoms. The van der Waals surface area contributed by atoms with Crippen molar-refractivity contribution in [3.05, 3.63) is 40.0 Å². The molecular formula is C9H7NO4. The van der Waals surface area contributed by atoms with Crippen molar-refractivity contribution in [1.82, 2.24) is 0 Å². The van der Waals surface area contributed by atoms with E-state index in [0.717, 1.165) is 12.1 Å². The highest BCUT2D eigenvalue weighted by atomic mass is 16.6. The summed E-state index contributed by atoms with van der Waals surface area (Å²) in [5.74, 6) is -0.291. The van der Waals surface area contributed by atoms with Gasteiger partial charge in [-0.2, -0.15) is 0 Å². The Bertz CT molecular complexity index is 382. The van der Waals surface area contributed by atoms with E-state index in [1.54, 1.807) is 0 Å². The minimum absolute atomic E-state index is 0.117. The molecule has 1 rings (SSSR count). The van der Waals surface area contributed by atoms with Gasteiger partial charge >= 0.3 is 0 Å². The van der Waals surface area contributed by atoms with Crippen LogP contribution in [0.5, 0.6) is 5.75 Å². The van der Waals surface area contributed by atoms with E-state index in [-0.39, 0.29) is 22.6 Å². The van der Waals surface area contributed by atoms with Crippen LogP contribution in [0.25, 0.3) is 6.08 Å². The van der Waals surface area contributed by atoms with E-state index in [9.17, 15) is 20.0 Å². The zero-order chi connectivity index (χ0) is 10.7. The maximum atomic E-state index is 10.5. The lowest BCUT2D eigenvalue weighted by Gasteiger charge is -2.01. The molecular weight excluding hydrogens is 186 g/mol. The summed E-state index contributed by atoms with van der Waals surface area (Å²) in [6.07, 6.45) is 1.60. The summed E-state index contributed by atoms with van der Waals surface area (Å²) in [5, 5.41) is 19.8. The fraction of sp³-hybridized carbons (Fsp3) is 0. The standard InChI is InChI=1S/C9H7NO4/c1-2-6-3-8(10(13)14)4-7(5-11)9(6)12/h2-5,12H,1H2. The molecule has 5 nitrogen and oxygen atoms in total. The predicted octanol–water partition coefficient (Wildman–Crippen LogP) is 1.76. The molecule has 1 N–H and O–H groups in total. The maximum absolute atomic E-state index is 10.5. The number of rotatable bonds is 3. The zero-order valence-corrected chi connectivity index (χ0v) is 7.14. The summed E-state index contributed by atoms with van der Waals surface area (Å²) in [6.45, 7) is 3.37. The Labute approximate surface area is 79.4 Å². The van der Waals surface area contributed by atoms with Crippen LogP contribution in [0.1, 0.15) is 15.9 Å². The van der Waals surface area contributed by atoms with Crippen LogP contribution in [-0.2, 0) is 0 Å². The van der Waals surface area contributed by atoms with Crippen molar-refractivity contribution in [2.45, 2.75) is 0 Å². The topological polar surface area (TPSA) is 80.4 Å². The quantitative estimate of drug-likeness (QED) is 0.450. The largest absolute Gasteiger partial charge is 0.507 e. The number of hydrogen-bond acceptors (Lipinski definition) is 4. The van der Waals surface area contributed by atoms with Gasteiger partial charge in [0.2, 0.25) is 0 Å². The van der Waals surface area contributed by atoms with Crippen molar-refractivity contribution < 1.29 is 14.8 Å². The monoisotopic (exact) mass is 193 g/mol. The van der Waals surface area contributed by atoms with Crippen molar-refractivity contribution in [3.8, 4) is 5.75 Å². The number of hydrogen-bond donors (Lipinski definition) is 1. The average Bonchev–Trinajstić information content (AvgIpc) is 2.17. The molecule has 0 fully saturated rings. The van der Waals surface area contributed by atoms with E-state index >= 15 is 0 Å². The van der Waals surface area contributed by atoms with Gasteiger partial charge in [0.25, 0.3) is 5.69 Å². The maximum Gasteiger partial charge on any atom is 0.271 e. The van der Waals surface area contributed by atoms with Crippen LogP contribution >= 0.6 is 0 Å². The van der Waals surface area contributed by atoms with Crippen LogP contribution in [-0.4, -0.2) is 16.3 Å². The van der Waals surface area contributed by atoms with Crippen LogP contribution < -0.4 is 0 Å². The highest BCUT2D eigenvalue weighted by molar-refractivity contribution is 5.83. The van der Waals surface area contributed by atoms with Crippen molar-refractivity contribution in [2.75, 3.05) is 0 Å². The summed E-state index contributed by atoms with van der Waals surface area (Å²) >= 11 is 0. The van der Waals surface area contributed by atoms with E-state index in [4.69, 9.17) is 0 Å². The molecule has 0 unspecified atom stereocenters. The first kappa shape index (κ1) is 9.91. The van der Waals surface area contributed by atoms with Crippen LogP contribution in [0.2, 0.25) is 0 Å². The number of nitro benzene ring substituents is 1. The molecule has 0 saturated carbocycles. The molecule has 1 aromatic rings. The van der Waals surface area contributed by atoms with Gasteiger partial charge in [0, 0.05) is 17.7 Å². The normalized spacial score (nSPS) is 9.43. The molecule has 0 aliphatic heterocycles. The summed E-state index contributed by atoms with van der Waals surface area (Å²) in [6, 6.07) is 2.16. The summed E-state index contributed by atoms with van der Waals surface area (Å²) in [7, 11) is 0. The Morgan fingerprint density at radius 2 is 2.00 bits per heavy atom. The van der Waals surface area contributed by atoms with Crippen molar-refractivity contribution >= 4 is 18.0 Å². The van der Waals surface area contributed by atoms with Crippen molar-refractivity contribution in [2.24, 2.45) is 0 Å². The third-order valence-corrected chi connectivity index (χ3v) is 1.71. The lowest BCUT2D eigenvalue weighted by atomic mass is 10.1. The minimum atomic E-state index is -0.639. The third kappa shape index (κ3) is 1.61. The molecule has 1 aromatic carbocycles. The average molecular weight is 193 g/mol. The number of benzene rings is 1. The Morgan fingerprint density at radius 1 is 1.43 bits per heavy atom. The van der Waals surface area contributed by atoms with Crippen LogP contribution in [0, 0.1) is 10.1 Å². The van der Waals surface area contributed by atoms with Crippen LogP contribution in [0.4, 0.5) is 5.69 Å². The molecule has 72 valence electrons. The van der Waals surface area contributed by atoms with Gasteiger partial charge in [0.1, 0.15) is 5.75 Å². The van der Waals surface area contributed by atoms with Crippen LogP contribution in [0.15, 0.2) is 18.7 Å². The molecule has 0 spiro atoms. The Kier molecular flexibility index (Phi) is 2.62. The molecule has 0 aromatic heterocycles. The molecule has 0 heterocycles. The van der Waals surface area contributed by atoms with Crippen molar-refractivity contribution in [1.29, 1.82) is 0 Å². The molecule has 5 heteroatoms. The summed E-state index contributed by atoms with van der Waals surface area (Å²) in [4.78, 5) is 20.2. The first-order chi connectivity index (χ1) is 6.60. The zero-order valence-electron chi connectivity index (χ0n) is 7.14. The molecule has 0 amide bonds. The second-order valence-corrected chi connectivity index (χ2v) is 2.55. The smallest absolute Gasteiger partial charge is 0.271 e. The number of aldehydes is 1. The van der Waals surface area contributed by atoms with E-state index in [1.165, 1.54) is 6.08 Å². The number of phenolic OH excluding ortho intramolecular Hbond substituents is 1. The fourth-order valence-corrected chi connectivity index (χ4v) is 1.01. The molecule has 0 radical (unpaired) electrons. The van der Waals surface area contributed by atoms with E-state index in [2.05, 4.69) is 6.58 Å². The van der Waals surface area contributed by atoms with Gasteiger partial charge in [0.15, 0.2) is 6.29 Å². The highest BCUT2D eigenvalue weighted by Crippen LogP contribution is 2.27. The van der Waals surface area contributed by atoms with Gasteiger partial charge in [-0.15, -0.1) is 0 Å². The second kappa shape index (κ2) is 3.69. The van der Waals surface area contributed by atoms with Gasteiger partial charge in [-0.1, -0.05) is 12.7 Å². The van der Waals surface area contributed by atoms with E-state index < -0.39 is 4.92 Å². The Morgan fingerprint density at radius 3 is 2.43 bits per heavy atom. The first-order valence-corrected chi connectivity index (χ1v) is 3.69. The number of nitrogens with zero attached hydrogens (tertiary/aromatic N) is 1. The molecule has 0 bridgehead atoms. The van der Waals surface area contributed by atoms with Crippen molar-refractivity contribution in [3.63, 3.8) is 0 Å². The molecule has 0 saturated heterocycles. The van der Waals surface area contributed by atoms with E-state index in [0.29, 0.717) is 6.29 Å². The van der Waals surface area contributed by atoms with Gasteiger partial charge < -0.3 is 5.11 Å². The molecule has 0 aliphatic rings. The molecule has 0 aliphatic carbocycles. The number of carbonyl (C=O) groups excluding carboxylic acids is 1. The fourth-order valence-electron chi connectivity index (χ4n) is 1.01. The SMILES string of the molecule is C=Cc1cc([N+](=O)[O-])cc(C=O)c1O. The number of phenols is 1. The van der Waals surface area contributed by atoms with Crippen LogP contribution in [0.3, 0.4) is 0 Å². The number of aromatic hydroxyl groups is 1. The van der Waals surface area contributed by atoms with Gasteiger partial charge in [-0.05, 0) is 0 Å². The van der Waals surface area contributed by atoms with Gasteiger partial charge in [0.05, 0.1) is 10.5 Å².